The van der Waals surface area contributed by atoms with Crippen molar-refractivity contribution in [2.24, 2.45) is 5.92 Å². The molecule has 2 fully saturated rings. The van der Waals surface area contributed by atoms with Crippen LogP contribution in [0.25, 0.3) is 0 Å². The van der Waals surface area contributed by atoms with Gasteiger partial charge in [-0.1, -0.05) is 18.9 Å². The minimum absolute atomic E-state index is 0.341. The third kappa shape index (κ3) is 3.06. The van der Waals surface area contributed by atoms with Crippen molar-refractivity contribution in [2.75, 3.05) is 24.5 Å². The first-order valence-electron chi connectivity index (χ1n) is 7.14. The van der Waals surface area contributed by atoms with E-state index in [0.29, 0.717) is 36.6 Å². The number of nitrogens with one attached hydrogen (secondary N) is 1. The lowest BCUT2D eigenvalue weighted by Gasteiger charge is -2.30. The number of fused-ring (bicyclic) bond motifs is 2. The zero-order chi connectivity index (χ0) is 13.2. The van der Waals surface area contributed by atoms with Gasteiger partial charge in [0.15, 0.2) is 0 Å². The summed E-state index contributed by atoms with van der Waals surface area (Å²) in [6, 6.07) is 0.640. The molecule has 6 heteroatoms. The highest BCUT2D eigenvalue weighted by Crippen LogP contribution is 2.28. The molecule has 2 atom stereocenters. The van der Waals surface area contributed by atoms with Gasteiger partial charge in [0.05, 0.1) is 18.8 Å². The second kappa shape index (κ2) is 5.46. The summed E-state index contributed by atoms with van der Waals surface area (Å²) < 4.78 is 11.5. The van der Waals surface area contributed by atoms with Crippen molar-refractivity contribution >= 4 is 6.01 Å². The zero-order valence-corrected chi connectivity index (χ0v) is 11.6. The maximum atomic E-state index is 5.80. The van der Waals surface area contributed by atoms with E-state index in [1.165, 1.54) is 0 Å². The fourth-order valence-electron chi connectivity index (χ4n) is 2.68. The SMILES string of the molecule is CC(C)CNCc1nnc(N2CC3CCC(C2)O3)o1. The average molecular weight is 266 g/mol. The Kier molecular flexibility index (Phi) is 3.70. The van der Waals surface area contributed by atoms with E-state index in [1.54, 1.807) is 0 Å². The van der Waals surface area contributed by atoms with Crippen molar-refractivity contribution < 1.29 is 9.15 Å². The third-order valence-electron chi connectivity index (χ3n) is 3.60. The van der Waals surface area contributed by atoms with Crippen LogP contribution in [-0.2, 0) is 11.3 Å². The molecule has 0 spiro atoms. The molecule has 0 aromatic carbocycles. The first kappa shape index (κ1) is 12.9. The summed E-state index contributed by atoms with van der Waals surface area (Å²) in [5.74, 6) is 1.28. The molecule has 2 aliphatic heterocycles. The quantitative estimate of drug-likeness (QED) is 0.863. The molecule has 0 radical (unpaired) electrons. The molecule has 106 valence electrons. The third-order valence-corrected chi connectivity index (χ3v) is 3.60. The fourth-order valence-corrected chi connectivity index (χ4v) is 2.68. The summed E-state index contributed by atoms with van der Waals surface area (Å²) in [7, 11) is 0. The van der Waals surface area contributed by atoms with Crippen LogP contribution in [0.4, 0.5) is 6.01 Å². The van der Waals surface area contributed by atoms with Gasteiger partial charge < -0.3 is 19.4 Å². The van der Waals surface area contributed by atoms with E-state index in [-0.39, 0.29) is 0 Å². The van der Waals surface area contributed by atoms with Crippen LogP contribution in [0.2, 0.25) is 0 Å². The first-order chi connectivity index (χ1) is 9.20. The van der Waals surface area contributed by atoms with Crippen molar-refractivity contribution in [1.82, 2.24) is 15.5 Å². The molecular weight excluding hydrogens is 244 g/mol. The highest BCUT2D eigenvalue weighted by molar-refractivity contribution is 5.26. The number of ether oxygens (including phenoxy) is 1. The van der Waals surface area contributed by atoms with Crippen molar-refractivity contribution in [3.05, 3.63) is 5.89 Å². The minimum Gasteiger partial charge on any atom is -0.407 e. The van der Waals surface area contributed by atoms with Crippen LogP contribution in [0.5, 0.6) is 0 Å². The summed E-state index contributed by atoms with van der Waals surface area (Å²) in [5, 5.41) is 11.6. The zero-order valence-electron chi connectivity index (χ0n) is 11.6. The Balaban J connectivity index is 1.55. The molecule has 2 saturated heterocycles. The molecule has 3 rings (SSSR count). The Bertz CT molecular complexity index is 409. The highest BCUT2D eigenvalue weighted by atomic mass is 16.5. The van der Waals surface area contributed by atoms with Gasteiger partial charge in [0.1, 0.15) is 0 Å². The number of hydrogen-bond donors (Lipinski definition) is 1. The van der Waals surface area contributed by atoms with Crippen molar-refractivity contribution in [3.8, 4) is 0 Å². The number of hydrogen-bond acceptors (Lipinski definition) is 6. The van der Waals surface area contributed by atoms with Crippen molar-refractivity contribution in [1.29, 1.82) is 0 Å². The molecule has 0 saturated carbocycles. The number of nitrogens with zero attached hydrogens (tertiary/aromatic N) is 3. The number of morpholine rings is 1. The number of aromatic nitrogens is 2. The lowest BCUT2D eigenvalue weighted by atomic mass is 10.2. The van der Waals surface area contributed by atoms with Crippen LogP contribution in [0.3, 0.4) is 0 Å². The molecule has 1 aromatic heterocycles. The molecule has 2 aliphatic rings. The summed E-state index contributed by atoms with van der Waals surface area (Å²) >= 11 is 0. The minimum atomic E-state index is 0.341. The Morgan fingerprint density at radius 3 is 2.68 bits per heavy atom. The van der Waals surface area contributed by atoms with Crippen LogP contribution in [-0.4, -0.2) is 42.0 Å². The van der Waals surface area contributed by atoms with Gasteiger partial charge in [0.25, 0.3) is 0 Å². The Hall–Kier alpha value is -1.14. The highest BCUT2D eigenvalue weighted by Gasteiger charge is 2.35. The largest absolute Gasteiger partial charge is 0.407 e. The number of anilines is 1. The maximum absolute atomic E-state index is 5.80. The fraction of sp³-hybridized carbons (Fsp3) is 0.846. The van der Waals surface area contributed by atoms with Crippen molar-refractivity contribution in [2.45, 2.75) is 45.4 Å². The molecule has 2 bridgehead atoms. The molecule has 1 aromatic rings. The topological polar surface area (TPSA) is 63.4 Å². The normalized spacial score (nSPS) is 26.4. The standard InChI is InChI=1S/C13H22N4O2/c1-9(2)5-14-6-12-15-16-13(19-12)17-7-10-3-4-11(8-17)18-10/h9-11,14H,3-8H2,1-2H3. The second-order valence-corrected chi connectivity index (χ2v) is 5.87. The lowest BCUT2D eigenvalue weighted by Crippen LogP contribution is -2.42. The number of rotatable bonds is 5. The van der Waals surface area contributed by atoms with E-state index >= 15 is 0 Å². The molecule has 1 N–H and O–H groups in total. The van der Waals surface area contributed by atoms with Gasteiger partial charge in [-0.05, 0) is 25.3 Å². The predicted octanol–water partition coefficient (Wildman–Crippen LogP) is 1.18. The monoisotopic (exact) mass is 266 g/mol. The van der Waals surface area contributed by atoms with Gasteiger partial charge in [-0.3, -0.25) is 0 Å². The van der Waals surface area contributed by atoms with Gasteiger partial charge in [0.2, 0.25) is 5.89 Å². The summed E-state index contributed by atoms with van der Waals surface area (Å²) in [4.78, 5) is 2.16. The molecule has 0 aliphatic carbocycles. The van der Waals surface area contributed by atoms with Gasteiger partial charge in [-0.15, -0.1) is 5.10 Å². The Morgan fingerprint density at radius 1 is 1.26 bits per heavy atom. The maximum Gasteiger partial charge on any atom is 0.318 e. The van der Waals surface area contributed by atoms with Gasteiger partial charge >= 0.3 is 6.01 Å². The molecular formula is C13H22N4O2. The van der Waals surface area contributed by atoms with Gasteiger partial charge in [-0.2, -0.15) is 0 Å². The van der Waals surface area contributed by atoms with E-state index in [2.05, 4.69) is 34.3 Å². The first-order valence-corrected chi connectivity index (χ1v) is 7.14. The lowest BCUT2D eigenvalue weighted by molar-refractivity contribution is 0.0287. The van der Waals surface area contributed by atoms with Crippen LogP contribution < -0.4 is 10.2 Å². The van der Waals surface area contributed by atoms with Gasteiger partial charge in [0, 0.05) is 13.1 Å². The Morgan fingerprint density at radius 2 is 2.00 bits per heavy atom. The average Bonchev–Trinajstić information content (AvgIpc) is 2.96. The van der Waals surface area contributed by atoms with E-state index in [9.17, 15) is 0 Å². The smallest absolute Gasteiger partial charge is 0.318 e. The molecule has 3 heterocycles. The van der Waals surface area contributed by atoms with Crippen LogP contribution in [0.15, 0.2) is 4.42 Å². The van der Waals surface area contributed by atoms with Gasteiger partial charge in [-0.25, -0.2) is 0 Å². The van der Waals surface area contributed by atoms with E-state index in [4.69, 9.17) is 9.15 Å². The second-order valence-electron chi connectivity index (χ2n) is 5.87. The van der Waals surface area contributed by atoms with Crippen molar-refractivity contribution in [3.63, 3.8) is 0 Å². The molecule has 19 heavy (non-hydrogen) atoms. The summed E-state index contributed by atoms with van der Waals surface area (Å²) in [6.45, 7) is 7.70. The van der Waals surface area contributed by atoms with Crippen LogP contribution >= 0.6 is 0 Å². The van der Waals surface area contributed by atoms with E-state index < -0.39 is 0 Å². The van der Waals surface area contributed by atoms with Crippen LogP contribution in [0.1, 0.15) is 32.6 Å². The van der Waals surface area contributed by atoms with E-state index in [0.717, 1.165) is 32.5 Å². The molecule has 6 nitrogen and oxygen atoms in total. The summed E-state index contributed by atoms with van der Waals surface area (Å²) in [5.41, 5.74) is 0. The summed E-state index contributed by atoms with van der Waals surface area (Å²) in [6.07, 6.45) is 2.98. The van der Waals surface area contributed by atoms with E-state index in [1.807, 2.05) is 0 Å². The molecule has 0 amide bonds. The molecule has 2 unspecified atom stereocenters. The predicted molar refractivity (Wildman–Crippen MR) is 71.0 cm³/mol. The van der Waals surface area contributed by atoms with Crippen LogP contribution in [0, 0.1) is 5.92 Å². The Labute approximate surface area is 113 Å².